The Balaban J connectivity index is 1.30. The summed E-state index contributed by atoms with van der Waals surface area (Å²) in [6.45, 7) is 4.85. The normalized spacial score (nSPS) is 20.4. The van der Waals surface area contributed by atoms with Crippen molar-refractivity contribution in [2.24, 2.45) is 0 Å². The lowest BCUT2D eigenvalue weighted by molar-refractivity contribution is 0.122. The number of H-pyrrole nitrogens is 1. The lowest BCUT2D eigenvalue weighted by Gasteiger charge is -2.41. The molecule has 7 heteroatoms. The van der Waals surface area contributed by atoms with Crippen molar-refractivity contribution >= 4 is 22.5 Å². The van der Waals surface area contributed by atoms with Crippen LogP contribution in [0.1, 0.15) is 30.5 Å². The summed E-state index contributed by atoms with van der Waals surface area (Å²) in [5.41, 5.74) is 4.31. The third-order valence-corrected chi connectivity index (χ3v) is 7.36. The van der Waals surface area contributed by atoms with Gasteiger partial charge in [-0.2, -0.15) is 0 Å². The molecule has 2 saturated heterocycles. The fourth-order valence-corrected chi connectivity index (χ4v) is 5.58. The first kappa shape index (κ1) is 18.8. The van der Waals surface area contributed by atoms with E-state index in [4.69, 9.17) is 9.72 Å². The van der Waals surface area contributed by atoms with Crippen LogP contribution >= 0.6 is 0 Å². The van der Waals surface area contributed by atoms with E-state index in [1.807, 2.05) is 12.3 Å². The van der Waals surface area contributed by atoms with Gasteiger partial charge in [0.2, 0.25) is 5.95 Å². The minimum Gasteiger partial charge on any atom is -0.378 e. The second kappa shape index (κ2) is 7.34. The van der Waals surface area contributed by atoms with Crippen LogP contribution in [-0.4, -0.2) is 54.3 Å². The molecule has 7 nitrogen and oxygen atoms in total. The molecule has 1 spiro atoms. The molecule has 4 heterocycles. The summed E-state index contributed by atoms with van der Waals surface area (Å²) in [6, 6.07) is 10.5. The maximum Gasteiger partial charge on any atom is 0.255 e. The van der Waals surface area contributed by atoms with Crippen molar-refractivity contribution in [2.75, 3.05) is 49.2 Å². The number of pyridine rings is 1. The zero-order chi connectivity index (χ0) is 20.8. The van der Waals surface area contributed by atoms with Gasteiger partial charge in [-0.1, -0.05) is 18.2 Å². The topological polar surface area (TPSA) is 74.3 Å². The second-order valence-electron chi connectivity index (χ2n) is 8.93. The Hall–Kier alpha value is -2.93. The lowest BCUT2D eigenvalue weighted by Crippen LogP contribution is -2.43. The van der Waals surface area contributed by atoms with Crippen molar-refractivity contribution in [2.45, 2.75) is 31.1 Å². The van der Waals surface area contributed by atoms with Crippen molar-refractivity contribution < 1.29 is 4.74 Å². The lowest BCUT2D eigenvalue weighted by atomic mass is 9.76. The van der Waals surface area contributed by atoms with Gasteiger partial charge in [0.1, 0.15) is 0 Å². The summed E-state index contributed by atoms with van der Waals surface area (Å²) in [7, 11) is 0. The fraction of sp³-hybridized carbons (Fsp3) is 0.458. The Morgan fingerprint density at radius 1 is 0.968 bits per heavy atom. The molecule has 0 bridgehead atoms. The van der Waals surface area contributed by atoms with Gasteiger partial charge in [0.15, 0.2) is 0 Å². The Bertz CT molecular complexity index is 1170. The number of ether oxygens (including phenoxy) is 1. The molecule has 0 amide bonds. The number of nitrogens with zero attached hydrogens (tertiary/aromatic N) is 4. The quantitative estimate of drug-likeness (QED) is 0.691. The summed E-state index contributed by atoms with van der Waals surface area (Å²) in [5, 5.41) is 1.21. The number of hydrogen-bond acceptors (Lipinski definition) is 6. The van der Waals surface area contributed by atoms with Crippen LogP contribution in [0.2, 0.25) is 0 Å². The first-order valence-electron chi connectivity index (χ1n) is 11.3. The van der Waals surface area contributed by atoms with Gasteiger partial charge in [0.25, 0.3) is 5.56 Å². The van der Waals surface area contributed by atoms with E-state index in [0.29, 0.717) is 13.2 Å². The molecule has 160 valence electrons. The highest BCUT2D eigenvalue weighted by atomic mass is 16.5. The molecule has 6 rings (SSSR count). The zero-order valence-corrected chi connectivity index (χ0v) is 17.6. The smallest absolute Gasteiger partial charge is 0.255 e. The molecular weight excluding hydrogens is 390 g/mol. The van der Waals surface area contributed by atoms with E-state index >= 15 is 0 Å². The van der Waals surface area contributed by atoms with Crippen LogP contribution in [0.4, 0.5) is 11.6 Å². The number of benzene rings is 1. The number of para-hydroxylation sites is 1. The van der Waals surface area contributed by atoms with Crippen molar-refractivity contribution in [3.05, 3.63) is 58.1 Å². The molecule has 0 saturated carbocycles. The van der Waals surface area contributed by atoms with Crippen molar-refractivity contribution in [1.29, 1.82) is 0 Å². The Morgan fingerprint density at radius 2 is 1.77 bits per heavy atom. The van der Waals surface area contributed by atoms with E-state index in [0.717, 1.165) is 74.6 Å². The molecule has 3 aliphatic rings. The van der Waals surface area contributed by atoms with E-state index < -0.39 is 0 Å². The summed E-state index contributed by atoms with van der Waals surface area (Å²) in [6.07, 6.45) is 5.81. The predicted molar refractivity (Wildman–Crippen MR) is 121 cm³/mol. The maximum absolute atomic E-state index is 12.9. The number of aromatic amines is 1. The molecule has 1 N–H and O–H groups in total. The summed E-state index contributed by atoms with van der Waals surface area (Å²) in [4.78, 5) is 30.1. The predicted octanol–water partition coefficient (Wildman–Crippen LogP) is 2.64. The minimum absolute atomic E-state index is 0.0178. The van der Waals surface area contributed by atoms with Crippen LogP contribution in [0, 0.1) is 0 Å². The third-order valence-electron chi connectivity index (χ3n) is 7.36. The average molecular weight is 418 g/mol. The van der Waals surface area contributed by atoms with E-state index in [2.05, 4.69) is 44.0 Å². The molecular formula is C24H27N5O2. The van der Waals surface area contributed by atoms with E-state index in [-0.39, 0.29) is 11.0 Å². The van der Waals surface area contributed by atoms with Gasteiger partial charge < -0.3 is 14.5 Å². The molecule has 3 aromatic rings. The first-order valence-corrected chi connectivity index (χ1v) is 11.3. The SMILES string of the molecule is O=c1[nH]c(N2CCOCC2)nc2c1CCC21CCN(c2ccnc3ccccc23)CC1. The Kier molecular flexibility index (Phi) is 4.45. The van der Waals surface area contributed by atoms with E-state index in [9.17, 15) is 4.79 Å². The highest BCUT2D eigenvalue weighted by Crippen LogP contribution is 2.45. The molecule has 0 radical (unpaired) electrons. The number of anilines is 2. The minimum atomic E-state index is 0.0178. The monoisotopic (exact) mass is 417 g/mol. The zero-order valence-electron chi connectivity index (χ0n) is 17.6. The van der Waals surface area contributed by atoms with Gasteiger partial charge in [-0.15, -0.1) is 0 Å². The number of nitrogens with one attached hydrogen (secondary N) is 1. The Morgan fingerprint density at radius 3 is 2.61 bits per heavy atom. The van der Waals surface area contributed by atoms with Crippen molar-refractivity contribution in [3.8, 4) is 0 Å². The average Bonchev–Trinajstić information content (AvgIpc) is 3.18. The van der Waals surface area contributed by atoms with Gasteiger partial charge in [-0.3, -0.25) is 14.8 Å². The van der Waals surface area contributed by atoms with Crippen LogP contribution in [-0.2, 0) is 16.6 Å². The number of aromatic nitrogens is 3. The number of fused-ring (bicyclic) bond motifs is 3. The second-order valence-corrected chi connectivity index (χ2v) is 8.93. The third kappa shape index (κ3) is 3.10. The highest BCUT2D eigenvalue weighted by Gasteiger charge is 2.44. The molecule has 1 aliphatic carbocycles. The summed E-state index contributed by atoms with van der Waals surface area (Å²) < 4.78 is 5.47. The Labute approximate surface area is 181 Å². The van der Waals surface area contributed by atoms with Gasteiger partial charge in [-0.25, -0.2) is 4.98 Å². The summed E-state index contributed by atoms with van der Waals surface area (Å²) in [5.74, 6) is 0.718. The molecule has 2 aromatic heterocycles. The van der Waals surface area contributed by atoms with Crippen LogP contribution < -0.4 is 15.4 Å². The molecule has 2 aliphatic heterocycles. The van der Waals surface area contributed by atoms with Crippen molar-refractivity contribution in [3.63, 3.8) is 0 Å². The number of rotatable bonds is 2. The van der Waals surface area contributed by atoms with Crippen LogP contribution in [0.5, 0.6) is 0 Å². The van der Waals surface area contributed by atoms with Crippen molar-refractivity contribution in [1.82, 2.24) is 15.0 Å². The van der Waals surface area contributed by atoms with Gasteiger partial charge in [-0.05, 0) is 37.8 Å². The molecule has 0 atom stereocenters. The molecule has 0 unspecified atom stereocenters. The van der Waals surface area contributed by atoms with Gasteiger partial charge in [0, 0.05) is 54.4 Å². The highest BCUT2D eigenvalue weighted by molar-refractivity contribution is 5.91. The molecule has 1 aromatic carbocycles. The van der Waals surface area contributed by atoms with Gasteiger partial charge in [0.05, 0.1) is 24.4 Å². The number of piperidine rings is 1. The van der Waals surface area contributed by atoms with E-state index in [1.54, 1.807) is 0 Å². The largest absolute Gasteiger partial charge is 0.378 e. The summed E-state index contributed by atoms with van der Waals surface area (Å²) >= 11 is 0. The van der Waals surface area contributed by atoms with E-state index in [1.165, 1.54) is 11.1 Å². The standard InChI is InChI=1S/C24H27N5O2/c30-22-18-5-7-24(21(18)26-23(27-22)29-13-15-31-16-14-29)8-11-28(12-9-24)20-6-10-25-19-4-2-1-3-17(19)20/h1-4,6,10H,5,7-9,11-16H2,(H,26,27,30). The van der Waals surface area contributed by atoms with Gasteiger partial charge >= 0.3 is 0 Å². The van der Waals surface area contributed by atoms with Crippen LogP contribution in [0.25, 0.3) is 10.9 Å². The number of hydrogen-bond donors (Lipinski definition) is 1. The van der Waals surface area contributed by atoms with Crippen LogP contribution in [0.15, 0.2) is 41.3 Å². The fourth-order valence-electron chi connectivity index (χ4n) is 5.58. The first-order chi connectivity index (χ1) is 15.2. The molecule has 31 heavy (non-hydrogen) atoms. The number of morpholine rings is 1. The maximum atomic E-state index is 12.9. The molecule has 2 fully saturated rings. The van der Waals surface area contributed by atoms with Crippen LogP contribution in [0.3, 0.4) is 0 Å².